The molecule has 1 amide bonds. The summed E-state index contributed by atoms with van der Waals surface area (Å²) < 4.78 is 73.7. The van der Waals surface area contributed by atoms with Gasteiger partial charge in [-0.15, -0.1) is 0 Å². The molecule has 2 aromatic rings. The Kier molecular flexibility index (Phi) is 7.46. The second kappa shape index (κ2) is 9.61. The van der Waals surface area contributed by atoms with E-state index in [9.17, 15) is 26.4 Å². The molecular formula is C18H19F3N2O5S. The number of hydrogen-bond donors (Lipinski definition) is 2. The molecule has 0 saturated heterocycles. The zero-order chi connectivity index (χ0) is 21.6. The first-order valence-electron chi connectivity index (χ1n) is 8.31. The molecule has 158 valence electrons. The van der Waals surface area contributed by atoms with Gasteiger partial charge < -0.3 is 14.8 Å². The van der Waals surface area contributed by atoms with Crippen LogP contribution >= 0.6 is 0 Å². The largest absolute Gasteiger partial charge is 0.493 e. The quantitative estimate of drug-likeness (QED) is 0.634. The summed E-state index contributed by atoms with van der Waals surface area (Å²) in [5.41, 5.74) is 0.232. The van der Waals surface area contributed by atoms with Gasteiger partial charge in [-0.25, -0.2) is 17.5 Å². The summed E-state index contributed by atoms with van der Waals surface area (Å²) in [6.07, 6.45) is 0.285. The SMILES string of the molecule is CNS(=O)(=O)c1ccc(F)c(C(=O)NCCc2ccc(OC(F)F)c(OC)c2)c1. The summed E-state index contributed by atoms with van der Waals surface area (Å²) in [6, 6.07) is 7.19. The molecule has 0 bridgehead atoms. The molecule has 2 aromatic carbocycles. The average Bonchev–Trinajstić information content (AvgIpc) is 2.68. The number of ether oxygens (including phenoxy) is 2. The van der Waals surface area contributed by atoms with Gasteiger partial charge >= 0.3 is 6.61 Å². The Labute approximate surface area is 165 Å². The van der Waals surface area contributed by atoms with Gasteiger partial charge in [0.15, 0.2) is 11.5 Å². The predicted octanol–water partition coefficient (Wildman–Crippen LogP) is 2.32. The average molecular weight is 432 g/mol. The van der Waals surface area contributed by atoms with Gasteiger partial charge in [-0.05, 0) is 49.4 Å². The second-order valence-corrected chi connectivity index (χ2v) is 7.61. The topological polar surface area (TPSA) is 93.7 Å². The van der Waals surface area contributed by atoms with Crippen LogP contribution in [0.25, 0.3) is 0 Å². The summed E-state index contributed by atoms with van der Waals surface area (Å²) in [5.74, 6) is -1.68. The Balaban J connectivity index is 2.06. The Morgan fingerprint density at radius 2 is 1.86 bits per heavy atom. The molecular weight excluding hydrogens is 413 g/mol. The van der Waals surface area contributed by atoms with E-state index >= 15 is 0 Å². The van der Waals surface area contributed by atoms with Gasteiger partial charge in [0.2, 0.25) is 10.0 Å². The van der Waals surface area contributed by atoms with Crippen molar-refractivity contribution in [2.45, 2.75) is 17.9 Å². The first kappa shape index (κ1) is 22.5. The van der Waals surface area contributed by atoms with Crippen molar-refractivity contribution in [3.8, 4) is 11.5 Å². The molecule has 0 atom stereocenters. The summed E-state index contributed by atoms with van der Waals surface area (Å²) in [4.78, 5) is 12.0. The van der Waals surface area contributed by atoms with Crippen LogP contribution in [-0.2, 0) is 16.4 Å². The lowest BCUT2D eigenvalue weighted by Crippen LogP contribution is -2.27. The first-order chi connectivity index (χ1) is 13.7. The molecule has 0 aromatic heterocycles. The van der Waals surface area contributed by atoms with Crippen LogP contribution in [0.1, 0.15) is 15.9 Å². The first-order valence-corrected chi connectivity index (χ1v) is 9.79. The van der Waals surface area contributed by atoms with E-state index in [0.717, 1.165) is 18.2 Å². The van der Waals surface area contributed by atoms with Crippen molar-refractivity contribution in [1.29, 1.82) is 0 Å². The number of methoxy groups -OCH3 is 1. The van der Waals surface area contributed by atoms with Crippen LogP contribution in [0.4, 0.5) is 13.2 Å². The van der Waals surface area contributed by atoms with E-state index in [0.29, 0.717) is 5.56 Å². The van der Waals surface area contributed by atoms with E-state index in [2.05, 4.69) is 14.8 Å². The molecule has 2 rings (SSSR count). The zero-order valence-electron chi connectivity index (χ0n) is 15.5. The number of benzene rings is 2. The minimum absolute atomic E-state index is 0.0828. The van der Waals surface area contributed by atoms with Crippen molar-refractivity contribution < 1.29 is 35.9 Å². The Hall–Kier alpha value is -2.79. The van der Waals surface area contributed by atoms with Crippen molar-refractivity contribution in [3.63, 3.8) is 0 Å². The molecule has 0 aliphatic rings. The fourth-order valence-corrected chi connectivity index (χ4v) is 3.20. The smallest absolute Gasteiger partial charge is 0.387 e. The molecule has 7 nitrogen and oxygen atoms in total. The van der Waals surface area contributed by atoms with E-state index in [1.165, 1.54) is 32.4 Å². The molecule has 0 aliphatic heterocycles. The molecule has 29 heavy (non-hydrogen) atoms. The number of hydrogen-bond acceptors (Lipinski definition) is 5. The maximum absolute atomic E-state index is 13.9. The molecule has 0 saturated carbocycles. The van der Waals surface area contributed by atoms with E-state index < -0.39 is 33.9 Å². The van der Waals surface area contributed by atoms with Crippen LogP contribution in [0, 0.1) is 5.82 Å². The van der Waals surface area contributed by atoms with Crippen LogP contribution in [0.3, 0.4) is 0 Å². The molecule has 0 unspecified atom stereocenters. The number of nitrogens with one attached hydrogen (secondary N) is 2. The Morgan fingerprint density at radius 1 is 1.14 bits per heavy atom. The van der Waals surface area contributed by atoms with Crippen molar-refractivity contribution >= 4 is 15.9 Å². The molecule has 2 N–H and O–H groups in total. The van der Waals surface area contributed by atoms with Crippen molar-refractivity contribution in [1.82, 2.24) is 10.0 Å². The van der Waals surface area contributed by atoms with Gasteiger partial charge in [-0.3, -0.25) is 4.79 Å². The number of alkyl halides is 2. The highest BCUT2D eigenvalue weighted by Gasteiger charge is 2.18. The standard InChI is InChI=1S/C18H19F3N2O5S/c1-22-29(25,26)12-4-5-14(19)13(10-12)17(24)23-8-7-11-3-6-15(28-18(20)21)16(9-11)27-2/h3-6,9-10,18,22H,7-8H2,1-2H3,(H,23,24). The fourth-order valence-electron chi connectivity index (χ4n) is 2.44. The summed E-state index contributed by atoms with van der Waals surface area (Å²) in [6.45, 7) is -2.91. The van der Waals surface area contributed by atoms with Gasteiger partial charge in [0, 0.05) is 6.54 Å². The minimum Gasteiger partial charge on any atom is -0.493 e. The van der Waals surface area contributed by atoms with E-state index in [1.807, 2.05) is 0 Å². The Morgan fingerprint density at radius 3 is 2.48 bits per heavy atom. The predicted molar refractivity (Wildman–Crippen MR) is 98.3 cm³/mol. The third kappa shape index (κ3) is 5.84. The van der Waals surface area contributed by atoms with Gasteiger partial charge in [-0.1, -0.05) is 6.07 Å². The normalized spacial score (nSPS) is 11.4. The maximum atomic E-state index is 13.9. The molecule has 0 aliphatic carbocycles. The highest BCUT2D eigenvalue weighted by atomic mass is 32.2. The lowest BCUT2D eigenvalue weighted by molar-refractivity contribution is -0.0512. The van der Waals surface area contributed by atoms with Crippen LogP contribution in [-0.4, -0.2) is 41.6 Å². The lowest BCUT2D eigenvalue weighted by atomic mass is 10.1. The van der Waals surface area contributed by atoms with E-state index in [4.69, 9.17) is 4.74 Å². The van der Waals surface area contributed by atoms with E-state index in [-0.39, 0.29) is 29.4 Å². The number of sulfonamides is 1. The number of carbonyl (C=O) groups is 1. The van der Waals surface area contributed by atoms with E-state index in [1.54, 1.807) is 0 Å². The third-order valence-corrected chi connectivity index (χ3v) is 5.32. The van der Waals surface area contributed by atoms with Gasteiger partial charge in [0.1, 0.15) is 5.82 Å². The molecule has 0 heterocycles. The highest BCUT2D eigenvalue weighted by molar-refractivity contribution is 7.89. The molecule has 0 radical (unpaired) electrons. The fraction of sp³-hybridized carbons (Fsp3) is 0.278. The number of rotatable bonds is 9. The molecule has 0 fully saturated rings. The van der Waals surface area contributed by atoms with Crippen molar-refractivity contribution in [2.24, 2.45) is 0 Å². The van der Waals surface area contributed by atoms with Gasteiger partial charge in [-0.2, -0.15) is 8.78 Å². The molecule has 11 heteroatoms. The van der Waals surface area contributed by atoms with Gasteiger partial charge in [0.25, 0.3) is 5.91 Å². The van der Waals surface area contributed by atoms with Crippen LogP contribution in [0.5, 0.6) is 11.5 Å². The minimum atomic E-state index is -3.83. The lowest BCUT2D eigenvalue weighted by Gasteiger charge is -2.12. The van der Waals surface area contributed by atoms with Crippen LogP contribution in [0.2, 0.25) is 0 Å². The van der Waals surface area contributed by atoms with Crippen molar-refractivity contribution in [2.75, 3.05) is 20.7 Å². The van der Waals surface area contributed by atoms with Crippen molar-refractivity contribution in [3.05, 3.63) is 53.3 Å². The van der Waals surface area contributed by atoms with Gasteiger partial charge in [0.05, 0.1) is 17.6 Å². The number of amides is 1. The zero-order valence-corrected chi connectivity index (χ0v) is 16.4. The van der Waals surface area contributed by atoms with Crippen LogP contribution in [0.15, 0.2) is 41.3 Å². The summed E-state index contributed by atoms with van der Waals surface area (Å²) in [5, 5.41) is 2.48. The van der Waals surface area contributed by atoms with Crippen LogP contribution < -0.4 is 19.5 Å². The highest BCUT2D eigenvalue weighted by Crippen LogP contribution is 2.29. The Bertz CT molecular complexity index is 983. The monoisotopic (exact) mass is 432 g/mol. The molecule has 0 spiro atoms. The maximum Gasteiger partial charge on any atom is 0.387 e. The number of carbonyl (C=O) groups excluding carboxylic acids is 1. The number of halogens is 3. The summed E-state index contributed by atoms with van der Waals surface area (Å²) >= 11 is 0. The second-order valence-electron chi connectivity index (χ2n) is 5.72. The summed E-state index contributed by atoms with van der Waals surface area (Å²) in [7, 11) is -1.33. The third-order valence-electron chi connectivity index (χ3n) is 3.90.